The molecule has 2 aromatic rings. The van der Waals surface area contributed by atoms with E-state index in [1.165, 1.54) is 47.6 Å². The van der Waals surface area contributed by atoms with Crippen molar-refractivity contribution in [2.45, 2.75) is 37.9 Å². The number of amides is 1. The lowest BCUT2D eigenvalue weighted by molar-refractivity contribution is -0.0440. The van der Waals surface area contributed by atoms with Crippen LogP contribution < -0.4 is 14.8 Å². The molecule has 10 heteroatoms. The molecule has 2 aromatic carbocycles. The number of nitrogens with one attached hydrogen (secondary N) is 1. The number of nitrogens with zero attached hydrogens (tertiary/aromatic N) is 1. The van der Waals surface area contributed by atoms with Gasteiger partial charge in [0.1, 0.15) is 0 Å². The molecule has 0 spiro atoms. The Labute approximate surface area is 186 Å². The Kier molecular flexibility index (Phi) is 5.93. The van der Waals surface area contributed by atoms with E-state index < -0.39 is 15.9 Å². The first-order valence-corrected chi connectivity index (χ1v) is 11.6. The lowest BCUT2D eigenvalue weighted by Gasteiger charge is -2.34. The molecule has 32 heavy (non-hydrogen) atoms. The molecule has 2 aliphatic heterocycles. The number of ketones is 1. The Bertz CT molecular complexity index is 1170. The summed E-state index contributed by atoms with van der Waals surface area (Å²) in [6.07, 6.45) is -0.452. The topological polar surface area (TPSA) is 111 Å². The van der Waals surface area contributed by atoms with Crippen LogP contribution in [0, 0.1) is 0 Å². The first-order chi connectivity index (χ1) is 15.1. The smallest absolute Gasteiger partial charge is 0.255 e. The summed E-state index contributed by atoms with van der Waals surface area (Å²) < 4.78 is 43.9. The van der Waals surface area contributed by atoms with Gasteiger partial charge in [0.15, 0.2) is 17.3 Å². The maximum absolute atomic E-state index is 13.1. The molecule has 0 saturated carbocycles. The van der Waals surface area contributed by atoms with Crippen molar-refractivity contribution in [1.82, 2.24) is 4.31 Å². The second-order valence-corrected chi connectivity index (χ2v) is 9.81. The Hall–Kier alpha value is -2.95. The van der Waals surface area contributed by atoms with Crippen molar-refractivity contribution in [3.05, 3.63) is 47.5 Å². The SMILES string of the molecule is CC(=O)c1cc2c(cc1NC(=O)c1cccc(S(=O)(=O)N3C[C@@H](C)O[C@@H](C)C3)c1)OCO2. The van der Waals surface area contributed by atoms with E-state index in [9.17, 15) is 18.0 Å². The van der Waals surface area contributed by atoms with Gasteiger partial charge in [0.05, 0.1) is 22.8 Å². The van der Waals surface area contributed by atoms with Crippen LogP contribution in [-0.2, 0) is 14.8 Å². The van der Waals surface area contributed by atoms with Crippen molar-refractivity contribution < 1.29 is 32.2 Å². The highest BCUT2D eigenvalue weighted by Gasteiger charge is 2.32. The number of ether oxygens (including phenoxy) is 3. The van der Waals surface area contributed by atoms with Crippen LogP contribution in [0.4, 0.5) is 5.69 Å². The molecular formula is C22H24N2O7S. The molecule has 1 N–H and O–H groups in total. The van der Waals surface area contributed by atoms with E-state index in [4.69, 9.17) is 14.2 Å². The van der Waals surface area contributed by atoms with Gasteiger partial charge in [-0.05, 0) is 45.0 Å². The first-order valence-electron chi connectivity index (χ1n) is 10.2. The maximum atomic E-state index is 13.1. The molecule has 2 aliphatic rings. The largest absolute Gasteiger partial charge is 0.454 e. The average molecular weight is 461 g/mol. The third-order valence-corrected chi connectivity index (χ3v) is 7.09. The fraction of sp³-hybridized carbons (Fsp3) is 0.364. The molecule has 1 fully saturated rings. The Morgan fingerprint density at radius 2 is 1.69 bits per heavy atom. The lowest BCUT2D eigenvalue weighted by atomic mass is 10.1. The van der Waals surface area contributed by atoms with E-state index in [1.807, 2.05) is 13.8 Å². The highest BCUT2D eigenvalue weighted by molar-refractivity contribution is 7.89. The van der Waals surface area contributed by atoms with E-state index >= 15 is 0 Å². The number of hydrogen-bond acceptors (Lipinski definition) is 7. The second-order valence-electron chi connectivity index (χ2n) is 7.87. The van der Waals surface area contributed by atoms with Crippen LogP contribution >= 0.6 is 0 Å². The summed E-state index contributed by atoms with van der Waals surface area (Å²) in [4.78, 5) is 25.0. The number of Topliss-reactive ketones (excluding diaryl/α,β-unsaturated/α-hetero) is 1. The van der Waals surface area contributed by atoms with Crippen LogP contribution in [-0.4, -0.2) is 56.5 Å². The molecule has 1 amide bonds. The summed E-state index contributed by atoms with van der Waals surface area (Å²) in [5, 5.41) is 2.69. The van der Waals surface area contributed by atoms with E-state index in [1.54, 1.807) is 0 Å². The molecule has 0 aliphatic carbocycles. The number of rotatable bonds is 5. The van der Waals surface area contributed by atoms with Gasteiger partial charge in [-0.15, -0.1) is 0 Å². The van der Waals surface area contributed by atoms with Crippen LogP contribution in [0.25, 0.3) is 0 Å². The summed E-state index contributed by atoms with van der Waals surface area (Å²) in [5.74, 6) is 0.0325. The summed E-state index contributed by atoms with van der Waals surface area (Å²) in [6, 6.07) is 8.85. The molecule has 0 aromatic heterocycles. The Balaban J connectivity index is 1.60. The zero-order valence-corrected chi connectivity index (χ0v) is 18.8. The van der Waals surface area contributed by atoms with E-state index in [2.05, 4.69) is 5.32 Å². The van der Waals surface area contributed by atoms with E-state index in [0.717, 1.165) is 0 Å². The normalized spacial score (nSPS) is 20.7. The molecule has 170 valence electrons. The third kappa shape index (κ3) is 4.34. The number of carbonyl (C=O) groups is 2. The van der Waals surface area contributed by atoms with Crippen molar-refractivity contribution >= 4 is 27.4 Å². The monoisotopic (exact) mass is 460 g/mol. The Morgan fingerprint density at radius 1 is 1.03 bits per heavy atom. The minimum absolute atomic E-state index is 0.0175. The van der Waals surface area contributed by atoms with Crippen LogP contribution in [0.2, 0.25) is 0 Å². The van der Waals surface area contributed by atoms with Gasteiger partial charge in [-0.2, -0.15) is 4.31 Å². The standard InChI is InChI=1S/C22H24N2O7S/c1-13-10-24(11-14(2)31-13)32(27,28)17-6-4-5-16(7-17)22(26)23-19-9-21-20(29-12-30-21)8-18(19)15(3)25/h4-9,13-14H,10-12H2,1-3H3,(H,23,26)/t13-,14+. The molecule has 0 unspecified atom stereocenters. The molecule has 0 bridgehead atoms. The second kappa shape index (κ2) is 8.53. The number of fused-ring (bicyclic) bond motifs is 1. The van der Waals surface area contributed by atoms with Gasteiger partial charge in [0.2, 0.25) is 16.8 Å². The average Bonchev–Trinajstić information content (AvgIpc) is 3.20. The molecule has 0 radical (unpaired) electrons. The van der Waals surface area contributed by atoms with Gasteiger partial charge in [-0.25, -0.2) is 8.42 Å². The first kappa shape index (κ1) is 22.3. The zero-order valence-electron chi connectivity index (χ0n) is 18.0. The maximum Gasteiger partial charge on any atom is 0.255 e. The fourth-order valence-electron chi connectivity index (χ4n) is 3.80. The molecule has 1 saturated heterocycles. The van der Waals surface area contributed by atoms with Gasteiger partial charge in [0.25, 0.3) is 5.91 Å². The van der Waals surface area contributed by atoms with E-state index in [0.29, 0.717) is 11.5 Å². The molecule has 2 atom stereocenters. The number of sulfonamides is 1. The van der Waals surface area contributed by atoms with E-state index in [-0.39, 0.29) is 59.6 Å². The minimum atomic E-state index is -3.80. The van der Waals surface area contributed by atoms with Crippen molar-refractivity contribution in [1.29, 1.82) is 0 Å². The quantitative estimate of drug-likeness (QED) is 0.683. The van der Waals surface area contributed by atoms with Crippen LogP contribution in [0.3, 0.4) is 0 Å². The minimum Gasteiger partial charge on any atom is -0.454 e. The van der Waals surface area contributed by atoms with Crippen molar-refractivity contribution in [3.8, 4) is 11.5 Å². The van der Waals surface area contributed by atoms with Gasteiger partial charge in [-0.3, -0.25) is 9.59 Å². The predicted octanol–water partition coefficient (Wildman–Crippen LogP) is 2.67. The van der Waals surface area contributed by atoms with Crippen molar-refractivity contribution in [2.24, 2.45) is 0 Å². The lowest BCUT2D eigenvalue weighted by Crippen LogP contribution is -2.48. The third-order valence-electron chi connectivity index (χ3n) is 5.26. The summed E-state index contributed by atoms with van der Waals surface area (Å²) in [6.45, 7) is 5.53. The number of carbonyl (C=O) groups excluding carboxylic acids is 2. The van der Waals surface area contributed by atoms with Crippen LogP contribution in [0.15, 0.2) is 41.3 Å². The molecule has 9 nitrogen and oxygen atoms in total. The summed E-state index contributed by atoms with van der Waals surface area (Å²) in [7, 11) is -3.80. The molecule has 4 rings (SSSR count). The highest BCUT2D eigenvalue weighted by atomic mass is 32.2. The van der Waals surface area contributed by atoms with Gasteiger partial charge in [-0.1, -0.05) is 6.07 Å². The van der Waals surface area contributed by atoms with Crippen molar-refractivity contribution in [3.63, 3.8) is 0 Å². The van der Waals surface area contributed by atoms with Crippen molar-refractivity contribution in [2.75, 3.05) is 25.2 Å². The van der Waals surface area contributed by atoms with Gasteiger partial charge < -0.3 is 19.5 Å². The number of anilines is 1. The van der Waals surface area contributed by atoms with Gasteiger partial charge >= 0.3 is 0 Å². The zero-order chi connectivity index (χ0) is 23.0. The van der Waals surface area contributed by atoms with Gasteiger partial charge in [0, 0.05) is 30.3 Å². The molecular weight excluding hydrogens is 436 g/mol. The Morgan fingerprint density at radius 3 is 2.34 bits per heavy atom. The summed E-state index contributed by atoms with van der Waals surface area (Å²) in [5.41, 5.74) is 0.672. The predicted molar refractivity (Wildman–Crippen MR) is 116 cm³/mol. The number of hydrogen-bond donors (Lipinski definition) is 1. The number of morpholine rings is 1. The van der Waals surface area contributed by atoms with Crippen LogP contribution in [0.1, 0.15) is 41.5 Å². The fourth-order valence-corrected chi connectivity index (χ4v) is 5.44. The number of benzene rings is 2. The van der Waals surface area contributed by atoms with Crippen LogP contribution in [0.5, 0.6) is 11.5 Å². The highest BCUT2D eigenvalue weighted by Crippen LogP contribution is 2.37. The molecule has 2 heterocycles. The summed E-state index contributed by atoms with van der Waals surface area (Å²) >= 11 is 0.